The average Bonchev–Trinajstić information content (AvgIpc) is 2.87. The first kappa shape index (κ1) is 30.8. The number of rotatable bonds is 14. The number of non-ortho nitro benzene ring substituents is 1. The summed E-state index contributed by atoms with van der Waals surface area (Å²) in [4.78, 5) is 38.8. The standard InChI is InChI=1S/C25H33ClN4O7S/c1-5-7-14-27-25(32)21(6-2)28(16-18-8-10-19(26)11-9-18)24(31)17-29(38(4,35)36)22-15-20(30(33)34)12-13-23(22)37-3/h8-13,15,21H,5-7,14,16-17H2,1-4H3,(H,27,32). The van der Waals surface area contributed by atoms with E-state index in [1.807, 2.05) is 6.92 Å². The van der Waals surface area contributed by atoms with E-state index in [1.54, 1.807) is 31.2 Å². The zero-order valence-corrected chi connectivity index (χ0v) is 23.4. The maximum atomic E-state index is 13.7. The van der Waals surface area contributed by atoms with Crippen molar-refractivity contribution in [2.24, 2.45) is 0 Å². The number of nitrogens with one attached hydrogen (secondary N) is 1. The molecule has 1 atom stereocenters. The molecular formula is C25H33ClN4O7S. The van der Waals surface area contributed by atoms with E-state index >= 15 is 0 Å². The van der Waals surface area contributed by atoms with Crippen LogP contribution in [0.3, 0.4) is 0 Å². The third-order valence-electron chi connectivity index (χ3n) is 5.80. The zero-order valence-electron chi connectivity index (χ0n) is 21.8. The molecule has 0 fully saturated rings. The molecule has 2 amide bonds. The number of halogens is 1. The predicted molar refractivity (Wildman–Crippen MR) is 146 cm³/mol. The van der Waals surface area contributed by atoms with E-state index in [2.05, 4.69) is 5.32 Å². The average molecular weight is 569 g/mol. The summed E-state index contributed by atoms with van der Waals surface area (Å²) >= 11 is 5.99. The Hall–Kier alpha value is -3.38. The molecule has 0 saturated heterocycles. The number of carbonyl (C=O) groups excluding carboxylic acids is 2. The number of nitro benzene ring substituents is 1. The zero-order chi connectivity index (χ0) is 28.5. The minimum Gasteiger partial charge on any atom is -0.495 e. The van der Waals surface area contributed by atoms with Crippen LogP contribution in [-0.2, 0) is 26.2 Å². The predicted octanol–water partition coefficient (Wildman–Crippen LogP) is 3.75. The van der Waals surface area contributed by atoms with Gasteiger partial charge in [-0.3, -0.25) is 24.0 Å². The molecule has 0 radical (unpaired) electrons. The van der Waals surface area contributed by atoms with E-state index in [0.717, 1.165) is 29.5 Å². The number of ether oxygens (including phenoxy) is 1. The third-order valence-corrected chi connectivity index (χ3v) is 7.18. The summed E-state index contributed by atoms with van der Waals surface area (Å²) in [5.74, 6) is -0.999. The summed E-state index contributed by atoms with van der Waals surface area (Å²) in [5.41, 5.74) is 0.146. The molecule has 0 aliphatic heterocycles. The molecule has 13 heteroatoms. The normalized spacial score (nSPS) is 11.9. The van der Waals surface area contributed by atoms with Gasteiger partial charge in [0.25, 0.3) is 5.69 Å². The number of hydrogen-bond donors (Lipinski definition) is 1. The Morgan fingerprint density at radius 1 is 1.16 bits per heavy atom. The van der Waals surface area contributed by atoms with Crippen LogP contribution >= 0.6 is 11.6 Å². The van der Waals surface area contributed by atoms with Crippen LogP contribution in [0.15, 0.2) is 42.5 Å². The molecule has 2 aromatic rings. The van der Waals surface area contributed by atoms with Crippen molar-refractivity contribution in [3.8, 4) is 5.75 Å². The molecule has 38 heavy (non-hydrogen) atoms. The van der Waals surface area contributed by atoms with Gasteiger partial charge in [0.1, 0.15) is 24.0 Å². The van der Waals surface area contributed by atoms with Crippen molar-refractivity contribution in [3.05, 3.63) is 63.2 Å². The molecule has 1 N–H and O–H groups in total. The minimum atomic E-state index is -4.11. The van der Waals surface area contributed by atoms with Gasteiger partial charge in [0.2, 0.25) is 21.8 Å². The Balaban J connectivity index is 2.52. The SMILES string of the molecule is CCCCNC(=O)C(CC)N(Cc1ccc(Cl)cc1)C(=O)CN(c1cc([N+](=O)[O-])ccc1OC)S(C)(=O)=O. The van der Waals surface area contributed by atoms with Crippen LogP contribution in [0.2, 0.25) is 5.02 Å². The molecule has 0 heterocycles. The highest BCUT2D eigenvalue weighted by Crippen LogP contribution is 2.34. The molecule has 0 aliphatic carbocycles. The van der Waals surface area contributed by atoms with Crippen LogP contribution in [0.4, 0.5) is 11.4 Å². The van der Waals surface area contributed by atoms with Crippen LogP contribution < -0.4 is 14.4 Å². The number of benzene rings is 2. The van der Waals surface area contributed by atoms with E-state index in [-0.39, 0.29) is 36.0 Å². The lowest BCUT2D eigenvalue weighted by atomic mass is 10.1. The quantitative estimate of drug-likeness (QED) is 0.208. The Kier molecular flexibility index (Phi) is 11.3. The maximum Gasteiger partial charge on any atom is 0.271 e. The molecule has 0 saturated carbocycles. The van der Waals surface area contributed by atoms with Crippen LogP contribution in [-0.4, -0.2) is 62.6 Å². The van der Waals surface area contributed by atoms with Crippen molar-refractivity contribution in [3.63, 3.8) is 0 Å². The number of methoxy groups -OCH3 is 1. The van der Waals surface area contributed by atoms with Gasteiger partial charge in [0.05, 0.1) is 18.3 Å². The van der Waals surface area contributed by atoms with Gasteiger partial charge >= 0.3 is 0 Å². The smallest absolute Gasteiger partial charge is 0.271 e. The Labute approximate surface area is 227 Å². The van der Waals surface area contributed by atoms with E-state index in [0.29, 0.717) is 17.1 Å². The summed E-state index contributed by atoms with van der Waals surface area (Å²) in [6, 6.07) is 9.30. The lowest BCUT2D eigenvalue weighted by molar-refractivity contribution is -0.384. The molecule has 2 aromatic carbocycles. The van der Waals surface area contributed by atoms with Crippen molar-refractivity contribution in [2.45, 2.75) is 45.7 Å². The molecule has 2 rings (SSSR count). The van der Waals surface area contributed by atoms with Crippen LogP contribution in [0.5, 0.6) is 5.75 Å². The highest BCUT2D eigenvalue weighted by atomic mass is 35.5. The van der Waals surface area contributed by atoms with Gasteiger partial charge in [-0.15, -0.1) is 0 Å². The third kappa shape index (κ3) is 8.32. The highest BCUT2D eigenvalue weighted by Gasteiger charge is 2.33. The largest absolute Gasteiger partial charge is 0.495 e. The van der Waals surface area contributed by atoms with Gasteiger partial charge < -0.3 is 15.0 Å². The van der Waals surface area contributed by atoms with Gasteiger partial charge in [0, 0.05) is 30.2 Å². The van der Waals surface area contributed by atoms with E-state index in [1.165, 1.54) is 24.1 Å². The van der Waals surface area contributed by atoms with E-state index in [4.69, 9.17) is 16.3 Å². The monoisotopic (exact) mass is 568 g/mol. The fraction of sp³-hybridized carbons (Fsp3) is 0.440. The fourth-order valence-corrected chi connectivity index (χ4v) is 4.76. The molecule has 0 bridgehead atoms. The van der Waals surface area contributed by atoms with Crippen LogP contribution in [0.25, 0.3) is 0 Å². The second kappa shape index (κ2) is 14.0. The van der Waals surface area contributed by atoms with Crippen molar-refractivity contribution in [2.75, 3.05) is 30.8 Å². The fourth-order valence-electron chi connectivity index (χ4n) is 3.79. The summed E-state index contributed by atoms with van der Waals surface area (Å²) in [5, 5.41) is 14.7. The van der Waals surface area contributed by atoms with Crippen molar-refractivity contribution >= 4 is 44.8 Å². The van der Waals surface area contributed by atoms with E-state index < -0.39 is 33.4 Å². The number of unbranched alkanes of at least 4 members (excludes halogenated alkanes) is 1. The first-order chi connectivity index (χ1) is 17.9. The molecule has 0 aromatic heterocycles. The lowest BCUT2D eigenvalue weighted by Crippen LogP contribution is -2.52. The van der Waals surface area contributed by atoms with Crippen molar-refractivity contribution in [1.29, 1.82) is 0 Å². The summed E-state index contributed by atoms with van der Waals surface area (Å²) in [7, 11) is -2.82. The molecule has 11 nitrogen and oxygen atoms in total. The summed E-state index contributed by atoms with van der Waals surface area (Å²) < 4.78 is 31.6. The Morgan fingerprint density at radius 3 is 2.34 bits per heavy atom. The first-order valence-electron chi connectivity index (χ1n) is 12.0. The Bertz CT molecular complexity index is 1240. The first-order valence-corrected chi connectivity index (χ1v) is 14.3. The number of nitro groups is 1. The molecule has 0 spiro atoms. The number of sulfonamides is 1. The van der Waals surface area contributed by atoms with Gasteiger partial charge in [-0.1, -0.05) is 44.0 Å². The number of nitrogens with zero attached hydrogens (tertiary/aromatic N) is 3. The van der Waals surface area contributed by atoms with E-state index in [9.17, 15) is 28.1 Å². The number of carbonyl (C=O) groups is 2. The van der Waals surface area contributed by atoms with Crippen molar-refractivity contribution in [1.82, 2.24) is 10.2 Å². The second-order valence-corrected chi connectivity index (χ2v) is 10.9. The van der Waals surface area contributed by atoms with Crippen LogP contribution in [0.1, 0.15) is 38.7 Å². The molecule has 0 aliphatic rings. The molecular weight excluding hydrogens is 536 g/mol. The number of amides is 2. The van der Waals surface area contributed by atoms with Gasteiger partial charge in [-0.25, -0.2) is 8.42 Å². The second-order valence-electron chi connectivity index (χ2n) is 8.60. The summed E-state index contributed by atoms with van der Waals surface area (Å²) in [6.45, 7) is 3.49. The number of hydrogen-bond acceptors (Lipinski definition) is 7. The summed E-state index contributed by atoms with van der Waals surface area (Å²) in [6.07, 6.45) is 2.80. The highest BCUT2D eigenvalue weighted by molar-refractivity contribution is 7.92. The minimum absolute atomic E-state index is 0.0133. The van der Waals surface area contributed by atoms with Gasteiger partial charge in [0.15, 0.2) is 0 Å². The van der Waals surface area contributed by atoms with Crippen LogP contribution in [0, 0.1) is 10.1 Å². The number of anilines is 1. The van der Waals surface area contributed by atoms with Gasteiger partial charge in [-0.05, 0) is 36.6 Å². The molecule has 208 valence electrons. The maximum absolute atomic E-state index is 13.7. The Morgan fingerprint density at radius 2 is 1.82 bits per heavy atom. The topological polar surface area (TPSA) is 139 Å². The van der Waals surface area contributed by atoms with Gasteiger partial charge in [-0.2, -0.15) is 0 Å². The molecule has 1 unspecified atom stereocenters. The lowest BCUT2D eigenvalue weighted by Gasteiger charge is -2.33. The van der Waals surface area contributed by atoms with Crippen molar-refractivity contribution < 1.29 is 27.7 Å².